The van der Waals surface area contributed by atoms with E-state index < -0.39 is 0 Å². The second-order valence-electron chi connectivity index (χ2n) is 33.5. The highest BCUT2D eigenvalue weighted by molar-refractivity contribution is 5.95. The molecule has 9 aromatic carbocycles. The van der Waals surface area contributed by atoms with Crippen molar-refractivity contribution in [1.82, 2.24) is 0 Å². The molecule has 104 heavy (non-hydrogen) atoms. The number of unbranched alkanes of at least 4 members (excludes halogenated alkanes) is 20. The number of para-hydroxylation sites is 4. The van der Waals surface area contributed by atoms with Gasteiger partial charge in [-0.25, -0.2) is 0 Å². The zero-order chi connectivity index (χ0) is 70.7. The van der Waals surface area contributed by atoms with E-state index in [1.165, 1.54) is 323 Å². The zero-order valence-electron chi connectivity index (χ0n) is 64.5. The van der Waals surface area contributed by atoms with Crippen molar-refractivity contribution in [1.29, 1.82) is 0 Å². The highest BCUT2D eigenvalue weighted by atomic mass is 15.2. The van der Waals surface area contributed by atoms with E-state index in [0.717, 1.165) is 0 Å². The van der Waals surface area contributed by atoms with E-state index in [0.29, 0.717) is 23.7 Å². The van der Waals surface area contributed by atoms with Gasteiger partial charge < -0.3 is 9.80 Å². The van der Waals surface area contributed by atoms with Crippen molar-refractivity contribution in [2.45, 2.75) is 306 Å². The second-order valence-corrected chi connectivity index (χ2v) is 33.5. The Labute approximate surface area is 629 Å². The van der Waals surface area contributed by atoms with Crippen LogP contribution in [-0.4, -0.2) is 0 Å². The summed E-state index contributed by atoms with van der Waals surface area (Å²) in [5, 5.41) is 0. The molecule has 0 aromatic heterocycles. The molecule has 4 bridgehead atoms. The first-order valence-electron chi connectivity index (χ1n) is 43.1. The van der Waals surface area contributed by atoms with Crippen LogP contribution in [0.1, 0.15) is 340 Å². The van der Waals surface area contributed by atoms with Crippen molar-refractivity contribution < 1.29 is 0 Å². The highest BCUT2D eigenvalue weighted by Gasteiger charge is 2.49. The lowest BCUT2D eigenvalue weighted by atomic mass is 9.68. The molecule has 0 aliphatic heterocycles. The normalized spacial score (nSPS) is 18.3. The minimum atomic E-state index is -0.142. The van der Waals surface area contributed by atoms with Gasteiger partial charge in [0.05, 0.1) is 11.4 Å². The molecule has 0 saturated heterocycles. The fourth-order valence-corrected chi connectivity index (χ4v) is 21.5. The van der Waals surface area contributed by atoms with Crippen LogP contribution in [0.2, 0.25) is 0 Å². The standard InChI is InChI=1S/C102H124N2/c1-5-9-13-17-21-35-65-101(66-36-22-18-14-10-6-2)95-71-83(103(81-45-27-25-28-46-81)99-51-33-31-49-87(99)79-57-61-85-75-41-39-43-77(55-53-75)91(85)69-79)59-63-89(95)93-74-98-94(73-97(93)101)90-64-60-84(72-96(90)102(98,67-37-23-19-15-11-7-3)68-38-24-20-16-12-8-4)104(82-47-29-26-30-48-82)100-52-34-32-50-88(100)80-58-62-86-76-42-40-44-78(56-54-76)92(86)70-80/h25-34,45-52,57-64,69-78H,5-24,35-44,53-56,65-68H2,1-4H3. The van der Waals surface area contributed by atoms with Gasteiger partial charge in [-0.2, -0.15) is 0 Å². The quantitative estimate of drug-likeness (QED) is 0.0361. The van der Waals surface area contributed by atoms with Crippen LogP contribution in [0.25, 0.3) is 44.5 Å². The number of hydrogen-bond donors (Lipinski definition) is 0. The Bertz CT molecular complexity index is 3990. The van der Waals surface area contributed by atoms with Crippen LogP contribution in [0.3, 0.4) is 0 Å². The Balaban J connectivity index is 0.910. The number of rotatable bonds is 36. The summed E-state index contributed by atoms with van der Waals surface area (Å²) >= 11 is 0. The Morgan fingerprint density at radius 2 is 0.567 bits per heavy atom. The van der Waals surface area contributed by atoms with Gasteiger partial charge in [0.1, 0.15) is 0 Å². The molecule has 0 radical (unpaired) electrons. The highest BCUT2D eigenvalue weighted by Crippen LogP contribution is 2.63. The van der Waals surface area contributed by atoms with Gasteiger partial charge in [-0.05, 0) is 251 Å². The van der Waals surface area contributed by atoms with E-state index in [1.807, 2.05) is 0 Å². The maximum Gasteiger partial charge on any atom is 0.0540 e. The summed E-state index contributed by atoms with van der Waals surface area (Å²) in [6, 6.07) is 78.9. The summed E-state index contributed by atoms with van der Waals surface area (Å²) in [7, 11) is 0. The van der Waals surface area contributed by atoms with Gasteiger partial charge in [0.15, 0.2) is 0 Å². The summed E-state index contributed by atoms with van der Waals surface area (Å²) in [5.74, 6) is 2.79. The summed E-state index contributed by atoms with van der Waals surface area (Å²) in [5.41, 5.74) is 31.6. The van der Waals surface area contributed by atoms with Crippen molar-refractivity contribution in [3.05, 3.63) is 239 Å². The molecule has 4 atom stereocenters. The molecule has 9 aromatic rings. The van der Waals surface area contributed by atoms with E-state index >= 15 is 0 Å². The molecule has 2 saturated carbocycles. The summed E-state index contributed by atoms with van der Waals surface area (Å²) in [4.78, 5) is 5.32. The van der Waals surface area contributed by atoms with Crippen LogP contribution in [-0.2, 0) is 10.8 Å². The number of anilines is 6. The fraction of sp³-hybridized carbons (Fsp3) is 0.471. The van der Waals surface area contributed by atoms with Crippen LogP contribution >= 0.6 is 0 Å². The molecular formula is C102H124N2. The molecule has 0 N–H and O–H groups in total. The van der Waals surface area contributed by atoms with Gasteiger partial charge in [-0.1, -0.05) is 316 Å². The predicted octanol–water partition coefficient (Wildman–Crippen LogP) is 31.8. The van der Waals surface area contributed by atoms with Crippen molar-refractivity contribution >= 4 is 34.1 Å². The molecule has 0 spiro atoms. The lowest BCUT2D eigenvalue weighted by molar-refractivity contribution is 0.394. The van der Waals surface area contributed by atoms with Crippen LogP contribution in [0, 0.1) is 0 Å². The first-order chi connectivity index (χ1) is 51.4. The largest absolute Gasteiger partial charge is 0.310 e. The van der Waals surface area contributed by atoms with Gasteiger partial charge >= 0.3 is 0 Å². The number of fused-ring (bicyclic) bond motifs is 12. The minimum absolute atomic E-state index is 0.142. The first-order valence-corrected chi connectivity index (χ1v) is 43.1. The topological polar surface area (TPSA) is 6.48 Å². The molecule has 0 heterocycles. The summed E-state index contributed by atoms with van der Waals surface area (Å²) in [6.45, 7) is 9.50. The van der Waals surface area contributed by atoms with Crippen LogP contribution in [0.15, 0.2) is 194 Å². The Morgan fingerprint density at radius 1 is 0.250 bits per heavy atom. The van der Waals surface area contributed by atoms with Gasteiger partial charge in [-0.15, -0.1) is 0 Å². The number of nitrogens with zero attached hydrogens (tertiary/aromatic N) is 2. The molecule has 542 valence electrons. The average Bonchev–Trinajstić information content (AvgIpc) is 1.53. The molecule has 2 heteroatoms. The van der Waals surface area contributed by atoms with Crippen molar-refractivity contribution in [2.24, 2.45) is 0 Å². The third-order valence-corrected chi connectivity index (χ3v) is 27.0. The molecule has 4 unspecified atom stereocenters. The molecule has 17 rings (SSSR count). The molecule has 2 fully saturated rings. The van der Waals surface area contributed by atoms with Crippen LogP contribution in [0.4, 0.5) is 34.1 Å². The third-order valence-electron chi connectivity index (χ3n) is 27.0. The van der Waals surface area contributed by atoms with Gasteiger partial charge in [0.25, 0.3) is 0 Å². The Kier molecular flexibility index (Phi) is 23.6. The average molecular weight is 1380 g/mol. The zero-order valence-corrected chi connectivity index (χ0v) is 64.5. The SMILES string of the molecule is CCCCCCCCC1(CCCCCCCC)c2cc(N(c3ccccc3)c3ccccc3-c3ccc4c(c3)C3CCCC4CC3)ccc2-c2cc3c(cc21)-c1ccc(N(c2ccccc2)c2ccccc2-c2ccc4c(c2)C2CCCC4CC2)cc1C3(CCCCCCCC)CCCCCCCC. The Hall–Kier alpha value is -7.42. The van der Waals surface area contributed by atoms with E-state index in [1.54, 1.807) is 44.5 Å². The lowest BCUT2D eigenvalue weighted by Crippen LogP contribution is -2.27. The van der Waals surface area contributed by atoms with E-state index in [-0.39, 0.29) is 10.8 Å². The first kappa shape index (κ1) is 72.2. The molecule has 8 aliphatic carbocycles. The predicted molar refractivity (Wildman–Crippen MR) is 448 cm³/mol. The molecular weight excluding hydrogens is 1250 g/mol. The minimum Gasteiger partial charge on any atom is -0.310 e. The van der Waals surface area contributed by atoms with E-state index in [9.17, 15) is 0 Å². The summed E-state index contributed by atoms with van der Waals surface area (Å²) < 4.78 is 0. The lowest BCUT2D eigenvalue weighted by Gasteiger charge is -2.36. The summed E-state index contributed by atoms with van der Waals surface area (Å²) in [6.07, 6.45) is 49.4. The molecule has 2 nitrogen and oxygen atoms in total. The maximum absolute atomic E-state index is 2.89. The van der Waals surface area contributed by atoms with Crippen molar-refractivity contribution in [3.63, 3.8) is 0 Å². The molecule has 8 aliphatic rings. The van der Waals surface area contributed by atoms with Crippen molar-refractivity contribution in [3.8, 4) is 44.5 Å². The fourth-order valence-electron chi connectivity index (χ4n) is 21.5. The van der Waals surface area contributed by atoms with Crippen LogP contribution in [0.5, 0.6) is 0 Å². The van der Waals surface area contributed by atoms with Gasteiger partial charge in [0.2, 0.25) is 0 Å². The maximum atomic E-state index is 2.89. The Morgan fingerprint density at radius 3 is 0.933 bits per heavy atom. The van der Waals surface area contributed by atoms with E-state index in [4.69, 9.17) is 0 Å². The molecule has 0 amide bonds. The third kappa shape index (κ3) is 14.8. The van der Waals surface area contributed by atoms with Crippen molar-refractivity contribution in [2.75, 3.05) is 9.80 Å². The van der Waals surface area contributed by atoms with Gasteiger partial charge in [0, 0.05) is 44.7 Å². The van der Waals surface area contributed by atoms with Gasteiger partial charge in [-0.3, -0.25) is 0 Å². The second kappa shape index (κ2) is 34.0. The smallest absolute Gasteiger partial charge is 0.0540 e. The van der Waals surface area contributed by atoms with Crippen LogP contribution < -0.4 is 9.80 Å². The number of hydrogen-bond acceptors (Lipinski definition) is 2. The number of benzene rings is 9. The van der Waals surface area contributed by atoms with E-state index in [2.05, 4.69) is 232 Å². The monoisotopic (exact) mass is 1380 g/mol.